The monoisotopic (exact) mass is 437 g/mol. The lowest BCUT2D eigenvalue weighted by Gasteiger charge is -2.36. The number of ether oxygens (including phenoxy) is 2. The molecule has 7 nitrogen and oxygen atoms in total. The average Bonchev–Trinajstić information content (AvgIpc) is 2.77. The molecule has 0 amide bonds. The van der Waals surface area contributed by atoms with Gasteiger partial charge in [-0.2, -0.15) is 0 Å². The first-order chi connectivity index (χ1) is 14.4. The van der Waals surface area contributed by atoms with Crippen LogP contribution in [0.3, 0.4) is 0 Å². The molecule has 0 saturated carbocycles. The molecule has 2 aromatic rings. The minimum atomic E-state index is -3.62. The molecule has 1 aliphatic rings. The Morgan fingerprint density at radius 3 is 2.37 bits per heavy atom. The summed E-state index contributed by atoms with van der Waals surface area (Å²) in [5.41, 5.74) is 0.639. The number of nitrogens with one attached hydrogen (secondary N) is 1. The predicted molar refractivity (Wildman–Crippen MR) is 114 cm³/mol. The van der Waals surface area contributed by atoms with Gasteiger partial charge in [0.1, 0.15) is 5.82 Å². The predicted octanol–water partition coefficient (Wildman–Crippen LogP) is 2.33. The van der Waals surface area contributed by atoms with Crippen molar-refractivity contribution in [3.05, 3.63) is 48.3 Å². The van der Waals surface area contributed by atoms with Crippen LogP contribution in [-0.4, -0.2) is 66.8 Å². The first-order valence-corrected chi connectivity index (χ1v) is 11.4. The van der Waals surface area contributed by atoms with Crippen molar-refractivity contribution >= 4 is 15.7 Å². The van der Waals surface area contributed by atoms with E-state index in [2.05, 4.69) is 9.62 Å². The van der Waals surface area contributed by atoms with E-state index in [1.807, 2.05) is 11.0 Å². The Labute approximate surface area is 177 Å². The maximum atomic E-state index is 13.9. The van der Waals surface area contributed by atoms with Crippen LogP contribution in [0.2, 0.25) is 0 Å². The van der Waals surface area contributed by atoms with E-state index in [4.69, 9.17) is 9.47 Å². The molecule has 1 fully saturated rings. The van der Waals surface area contributed by atoms with Gasteiger partial charge in [0, 0.05) is 38.8 Å². The lowest BCUT2D eigenvalue weighted by molar-refractivity contribution is 0.255. The number of hydrogen-bond acceptors (Lipinski definition) is 6. The largest absolute Gasteiger partial charge is 0.493 e. The quantitative estimate of drug-likeness (QED) is 0.608. The summed E-state index contributed by atoms with van der Waals surface area (Å²) < 4.78 is 51.9. The van der Waals surface area contributed by atoms with Gasteiger partial charge in [0.25, 0.3) is 0 Å². The van der Waals surface area contributed by atoms with Gasteiger partial charge in [0.2, 0.25) is 10.0 Å². The van der Waals surface area contributed by atoms with Gasteiger partial charge in [-0.05, 0) is 37.2 Å². The van der Waals surface area contributed by atoms with Crippen molar-refractivity contribution in [2.75, 3.05) is 58.4 Å². The summed E-state index contributed by atoms with van der Waals surface area (Å²) in [4.78, 5) is 4.45. The third-order valence-corrected chi connectivity index (χ3v) is 6.63. The Morgan fingerprint density at radius 2 is 1.70 bits per heavy atom. The number of anilines is 1. The summed E-state index contributed by atoms with van der Waals surface area (Å²) in [6.45, 7) is 4.24. The lowest BCUT2D eigenvalue weighted by atomic mass is 10.2. The molecule has 0 aromatic heterocycles. The van der Waals surface area contributed by atoms with Gasteiger partial charge in [-0.1, -0.05) is 12.1 Å². The average molecular weight is 438 g/mol. The van der Waals surface area contributed by atoms with E-state index in [-0.39, 0.29) is 10.7 Å². The molecule has 30 heavy (non-hydrogen) atoms. The van der Waals surface area contributed by atoms with Crippen LogP contribution in [0.25, 0.3) is 0 Å². The zero-order valence-electron chi connectivity index (χ0n) is 17.3. The first kappa shape index (κ1) is 22.3. The van der Waals surface area contributed by atoms with E-state index in [1.54, 1.807) is 18.2 Å². The van der Waals surface area contributed by atoms with Crippen LogP contribution in [0.15, 0.2) is 47.4 Å². The number of halogens is 1. The molecule has 0 aliphatic carbocycles. The highest BCUT2D eigenvalue weighted by molar-refractivity contribution is 7.89. The van der Waals surface area contributed by atoms with Crippen LogP contribution < -0.4 is 19.1 Å². The SMILES string of the molecule is COc1ccc(S(=O)(=O)NCCCN2CCN(c3ccccc3F)CC2)cc1OC. The number of benzene rings is 2. The second-order valence-electron chi connectivity index (χ2n) is 7.05. The van der Waals surface area contributed by atoms with E-state index < -0.39 is 10.0 Å². The molecule has 1 N–H and O–H groups in total. The van der Waals surface area contributed by atoms with Crippen molar-refractivity contribution in [3.8, 4) is 11.5 Å². The molecule has 1 saturated heterocycles. The molecule has 9 heteroatoms. The van der Waals surface area contributed by atoms with Gasteiger partial charge in [0.15, 0.2) is 11.5 Å². The molecule has 164 valence electrons. The number of piperazine rings is 1. The second-order valence-corrected chi connectivity index (χ2v) is 8.82. The topological polar surface area (TPSA) is 71.1 Å². The minimum absolute atomic E-state index is 0.138. The van der Waals surface area contributed by atoms with Crippen molar-refractivity contribution in [3.63, 3.8) is 0 Å². The fraction of sp³-hybridized carbons (Fsp3) is 0.429. The van der Waals surface area contributed by atoms with Crippen LogP contribution in [0.5, 0.6) is 11.5 Å². The van der Waals surface area contributed by atoms with E-state index in [0.717, 1.165) is 32.7 Å². The van der Waals surface area contributed by atoms with Gasteiger partial charge >= 0.3 is 0 Å². The number of methoxy groups -OCH3 is 2. The molecule has 0 spiro atoms. The molecule has 0 radical (unpaired) electrons. The Kier molecular flexibility index (Phi) is 7.52. The number of sulfonamides is 1. The zero-order valence-corrected chi connectivity index (χ0v) is 18.1. The number of rotatable bonds is 9. The Bertz CT molecular complexity index is 947. The summed E-state index contributed by atoms with van der Waals surface area (Å²) in [6, 6.07) is 11.3. The molecule has 1 heterocycles. The second kappa shape index (κ2) is 10.1. The number of para-hydroxylation sites is 1. The van der Waals surface area contributed by atoms with Gasteiger partial charge < -0.3 is 14.4 Å². The fourth-order valence-electron chi connectivity index (χ4n) is 3.50. The summed E-state index contributed by atoms with van der Waals surface area (Å²) in [5, 5.41) is 0. The molecule has 3 rings (SSSR count). The normalized spacial score (nSPS) is 15.2. The minimum Gasteiger partial charge on any atom is -0.493 e. The molecule has 0 atom stereocenters. The van der Waals surface area contributed by atoms with Crippen molar-refractivity contribution < 1.29 is 22.3 Å². The van der Waals surface area contributed by atoms with E-state index in [9.17, 15) is 12.8 Å². The maximum Gasteiger partial charge on any atom is 0.240 e. The first-order valence-electron chi connectivity index (χ1n) is 9.88. The highest BCUT2D eigenvalue weighted by atomic mass is 32.2. The van der Waals surface area contributed by atoms with E-state index in [0.29, 0.717) is 30.2 Å². The summed E-state index contributed by atoms with van der Waals surface area (Å²) in [5.74, 6) is 0.648. The third kappa shape index (κ3) is 5.41. The molecular formula is C21H28FN3O4S. The van der Waals surface area contributed by atoms with Crippen molar-refractivity contribution in [2.45, 2.75) is 11.3 Å². The van der Waals surface area contributed by atoms with Crippen LogP contribution in [0.4, 0.5) is 10.1 Å². The molecule has 0 bridgehead atoms. The lowest BCUT2D eigenvalue weighted by Crippen LogP contribution is -2.47. The summed E-state index contributed by atoms with van der Waals surface area (Å²) >= 11 is 0. The van der Waals surface area contributed by atoms with Gasteiger partial charge in [-0.3, -0.25) is 4.90 Å². The van der Waals surface area contributed by atoms with Crippen LogP contribution >= 0.6 is 0 Å². The highest BCUT2D eigenvalue weighted by Gasteiger charge is 2.20. The van der Waals surface area contributed by atoms with Gasteiger partial charge in [-0.25, -0.2) is 17.5 Å². The van der Waals surface area contributed by atoms with Crippen LogP contribution in [0.1, 0.15) is 6.42 Å². The zero-order chi connectivity index (χ0) is 21.6. The van der Waals surface area contributed by atoms with Gasteiger partial charge in [-0.15, -0.1) is 0 Å². The molecular weight excluding hydrogens is 409 g/mol. The Hall–Kier alpha value is -2.36. The highest BCUT2D eigenvalue weighted by Crippen LogP contribution is 2.29. The molecule has 0 unspecified atom stereocenters. The third-order valence-electron chi connectivity index (χ3n) is 5.17. The molecule has 2 aromatic carbocycles. The summed E-state index contributed by atoms with van der Waals surface area (Å²) in [6.07, 6.45) is 0.687. The maximum absolute atomic E-state index is 13.9. The number of hydrogen-bond donors (Lipinski definition) is 1. The van der Waals surface area contributed by atoms with Crippen LogP contribution in [-0.2, 0) is 10.0 Å². The van der Waals surface area contributed by atoms with Crippen molar-refractivity contribution in [2.24, 2.45) is 0 Å². The Morgan fingerprint density at radius 1 is 1.00 bits per heavy atom. The smallest absolute Gasteiger partial charge is 0.240 e. The molecule has 1 aliphatic heterocycles. The van der Waals surface area contributed by atoms with Crippen molar-refractivity contribution in [1.29, 1.82) is 0 Å². The van der Waals surface area contributed by atoms with Gasteiger partial charge in [0.05, 0.1) is 24.8 Å². The van der Waals surface area contributed by atoms with Crippen molar-refractivity contribution in [1.82, 2.24) is 9.62 Å². The standard InChI is InChI=1S/C21H28FN3O4S/c1-28-20-9-8-17(16-21(20)29-2)30(26,27)23-10-5-11-24-12-14-25(15-13-24)19-7-4-3-6-18(19)22/h3-4,6-9,16,23H,5,10-15H2,1-2H3. The Balaban J connectivity index is 1.44. The number of nitrogens with zero attached hydrogens (tertiary/aromatic N) is 2. The summed E-state index contributed by atoms with van der Waals surface area (Å²) in [7, 11) is -0.658. The van der Waals surface area contributed by atoms with E-state index >= 15 is 0 Å². The fourth-order valence-corrected chi connectivity index (χ4v) is 4.59. The van der Waals surface area contributed by atoms with Crippen LogP contribution in [0, 0.1) is 5.82 Å². The van der Waals surface area contributed by atoms with E-state index in [1.165, 1.54) is 32.4 Å².